The maximum Gasteiger partial charge on any atom is 0.0453 e. The van der Waals surface area contributed by atoms with Gasteiger partial charge >= 0.3 is 0 Å². The Bertz CT molecular complexity index is 605. The van der Waals surface area contributed by atoms with E-state index < -0.39 is 0 Å². The molecule has 0 amide bonds. The van der Waals surface area contributed by atoms with Gasteiger partial charge in [0.05, 0.1) is 0 Å². The molecule has 0 aliphatic carbocycles. The normalized spacial score (nSPS) is 12.4. The molecule has 0 saturated heterocycles. The standard InChI is InChI=1S/C16H17BrCl2N2/c1-2-5-21-16(12-6-13(17)10-20-9-12)7-11-3-4-14(18)8-15(11)19/h3-4,6,8-10,16,21H,2,5,7H2,1H3. The first kappa shape index (κ1) is 16.8. The summed E-state index contributed by atoms with van der Waals surface area (Å²) in [7, 11) is 0. The third-order valence-electron chi connectivity index (χ3n) is 3.21. The van der Waals surface area contributed by atoms with Gasteiger partial charge in [-0.15, -0.1) is 0 Å². The topological polar surface area (TPSA) is 24.9 Å². The molecule has 112 valence electrons. The number of nitrogens with one attached hydrogen (secondary N) is 1. The van der Waals surface area contributed by atoms with Gasteiger partial charge in [0.1, 0.15) is 0 Å². The lowest BCUT2D eigenvalue weighted by molar-refractivity contribution is 0.528. The lowest BCUT2D eigenvalue weighted by atomic mass is 10.00. The molecular weight excluding hydrogens is 371 g/mol. The van der Waals surface area contributed by atoms with Gasteiger partial charge in [0.15, 0.2) is 0 Å². The average Bonchev–Trinajstić information content (AvgIpc) is 2.45. The van der Waals surface area contributed by atoms with Crippen LogP contribution in [0.25, 0.3) is 0 Å². The van der Waals surface area contributed by atoms with Crippen molar-refractivity contribution in [2.45, 2.75) is 25.8 Å². The Kier molecular flexibility index (Phi) is 6.49. The second-order valence-corrected chi connectivity index (χ2v) is 6.64. The Morgan fingerprint density at radius 1 is 1.24 bits per heavy atom. The molecule has 1 aromatic carbocycles. The second-order valence-electron chi connectivity index (χ2n) is 4.88. The third kappa shape index (κ3) is 4.96. The molecule has 0 aliphatic heterocycles. The quantitative estimate of drug-likeness (QED) is 0.714. The molecule has 0 bridgehead atoms. The van der Waals surface area contributed by atoms with Gasteiger partial charge in [-0.25, -0.2) is 0 Å². The summed E-state index contributed by atoms with van der Waals surface area (Å²) in [5.74, 6) is 0. The molecule has 1 unspecified atom stereocenters. The van der Waals surface area contributed by atoms with Gasteiger partial charge < -0.3 is 5.32 Å². The van der Waals surface area contributed by atoms with Crippen molar-refractivity contribution in [3.8, 4) is 0 Å². The van der Waals surface area contributed by atoms with Crippen molar-refractivity contribution >= 4 is 39.1 Å². The predicted octanol–water partition coefficient (Wildman–Crippen LogP) is 5.43. The van der Waals surface area contributed by atoms with Gasteiger partial charge in [-0.1, -0.05) is 36.2 Å². The van der Waals surface area contributed by atoms with E-state index in [1.54, 1.807) is 12.3 Å². The maximum absolute atomic E-state index is 6.29. The van der Waals surface area contributed by atoms with Crippen LogP contribution in [0.15, 0.2) is 41.1 Å². The molecule has 21 heavy (non-hydrogen) atoms. The van der Waals surface area contributed by atoms with Crippen LogP contribution in [0.3, 0.4) is 0 Å². The number of hydrogen-bond acceptors (Lipinski definition) is 2. The van der Waals surface area contributed by atoms with Crippen molar-refractivity contribution in [3.05, 3.63) is 62.3 Å². The Labute approximate surface area is 144 Å². The van der Waals surface area contributed by atoms with Crippen molar-refractivity contribution in [1.29, 1.82) is 0 Å². The smallest absolute Gasteiger partial charge is 0.0453 e. The molecule has 2 rings (SSSR count). The van der Waals surface area contributed by atoms with E-state index in [1.165, 1.54) is 0 Å². The Morgan fingerprint density at radius 3 is 2.71 bits per heavy atom. The number of pyridine rings is 1. The summed E-state index contributed by atoms with van der Waals surface area (Å²) in [6, 6.07) is 7.90. The van der Waals surface area contributed by atoms with Crippen molar-refractivity contribution in [1.82, 2.24) is 10.3 Å². The van der Waals surface area contributed by atoms with Crippen molar-refractivity contribution in [2.75, 3.05) is 6.54 Å². The summed E-state index contributed by atoms with van der Waals surface area (Å²) in [4.78, 5) is 4.25. The Morgan fingerprint density at radius 2 is 2.05 bits per heavy atom. The van der Waals surface area contributed by atoms with Gasteiger partial charge in [0.2, 0.25) is 0 Å². The lowest BCUT2D eigenvalue weighted by Gasteiger charge is -2.20. The maximum atomic E-state index is 6.29. The molecule has 1 heterocycles. The van der Waals surface area contributed by atoms with Gasteiger partial charge in [-0.2, -0.15) is 0 Å². The van der Waals surface area contributed by atoms with Crippen LogP contribution in [0.2, 0.25) is 10.0 Å². The largest absolute Gasteiger partial charge is 0.310 e. The number of aromatic nitrogens is 1. The first-order valence-corrected chi connectivity index (χ1v) is 8.42. The number of halogens is 3. The molecule has 5 heteroatoms. The SMILES string of the molecule is CCCNC(Cc1ccc(Cl)cc1Cl)c1cncc(Br)c1. The fraction of sp³-hybridized carbons (Fsp3) is 0.312. The minimum absolute atomic E-state index is 0.175. The fourth-order valence-corrected chi connectivity index (χ4v) is 3.02. The van der Waals surface area contributed by atoms with Gasteiger partial charge in [-0.05, 0) is 64.6 Å². The summed E-state index contributed by atoms with van der Waals surface area (Å²) in [5, 5.41) is 4.91. The summed E-state index contributed by atoms with van der Waals surface area (Å²) in [5.41, 5.74) is 2.22. The van der Waals surface area contributed by atoms with Crippen LogP contribution in [0.5, 0.6) is 0 Å². The molecule has 2 aromatic rings. The Balaban J connectivity index is 2.23. The first-order valence-electron chi connectivity index (χ1n) is 6.88. The van der Waals surface area contributed by atoms with E-state index in [9.17, 15) is 0 Å². The molecule has 1 N–H and O–H groups in total. The highest BCUT2D eigenvalue weighted by Crippen LogP contribution is 2.27. The van der Waals surface area contributed by atoms with Crippen LogP contribution in [0.4, 0.5) is 0 Å². The third-order valence-corrected chi connectivity index (χ3v) is 4.23. The van der Waals surface area contributed by atoms with Crippen LogP contribution in [0, 0.1) is 0 Å². The highest BCUT2D eigenvalue weighted by molar-refractivity contribution is 9.10. The van der Waals surface area contributed by atoms with E-state index in [4.69, 9.17) is 23.2 Å². The van der Waals surface area contributed by atoms with Crippen LogP contribution in [0.1, 0.15) is 30.5 Å². The monoisotopic (exact) mass is 386 g/mol. The van der Waals surface area contributed by atoms with Crippen molar-refractivity contribution < 1.29 is 0 Å². The Hall–Kier alpha value is -0.610. The number of nitrogens with zero attached hydrogens (tertiary/aromatic N) is 1. The highest BCUT2D eigenvalue weighted by Gasteiger charge is 2.14. The van der Waals surface area contributed by atoms with Gasteiger partial charge in [-0.3, -0.25) is 4.98 Å². The molecule has 1 aromatic heterocycles. The summed E-state index contributed by atoms with van der Waals surface area (Å²) < 4.78 is 0.977. The first-order chi connectivity index (χ1) is 10.1. The number of rotatable bonds is 6. The van der Waals surface area contributed by atoms with E-state index in [-0.39, 0.29) is 6.04 Å². The summed E-state index contributed by atoms with van der Waals surface area (Å²) >= 11 is 15.7. The van der Waals surface area contributed by atoms with Crippen LogP contribution < -0.4 is 5.32 Å². The lowest BCUT2D eigenvalue weighted by Crippen LogP contribution is -2.24. The second kappa shape index (κ2) is 8.14. The minimum Gasteiger partial charge on any atom is -0.310 e. The fourth-order valence-electron chi connectivity index (χ4n) is 2.15. The molecule has 0 spiro atoms. The molecule has 2 nitrogen and oxygen atoms in total. The molecule has 0 fully saturated rings. The number of benzene rings is 1. The van der Waals surface area contributed by atoms with Gasteiger partial charge in [0.25, 0.3) is 0 Å². The van der Waals surface area contributed by atoms with E-state index in [0.717, 1.165) is 35.0 Å². The average molecular weight is 388 g/mol. The van der Waals surface area contributed by atoms with Crippen LogP contribution >= 0.6 is 39.1 Å². The number of hydrogen-bond donors (Lipinski definition) is 1. The molecule has 0 aliphatic rings. The van der Waals surface area contributed by atoms with E-state index >= 15 is 0 Å². The van der Waals surface area contributed by atoms with Crippen molar-refractivity contribution in [2.24, 2.45) is 0 Å². The molecular formula is C16H17BrCl2N2. The summed E-state index contributed by atoms with van der Waals surface area (Å²) in [6.07, 6.45) is 5.55. The van der Waals surface area contributed by atoms with Crippen LogP contribution in [-0.2, 0) is 6.42 Å². The molecule has 0 saturated carbocycles. The molecule has 1 atom stereocenters. The predicted molar refractivity (Wildman–Crippen MR) is 93.1 cm³/mol. The van der Waals surface area contributed by atoms with E-state index in [2.05, 4.69) is 39.2 Å². The van der Waals surface area contributed by atoms with Gasteiger partial charge in [0, 0.05) is 33.0 Å². The van der Waals surface area contributed by atoms with Crippen molar-refractivity contribution in [3.63, 3.8) is 0 Å². The summed E-state index contributed by atoms with van der Waals surface area (Å²) in [6.45, 7) is 3.10. The zero-order chi connectivity index (χ0) is 15.2. The highest BCUT2D eigenvalue weighted by atomic mass is 79.9. The zero-order valence-corrected chi connectivity index (χ0v) is 14.8. The van der Waals surface area contributed by atoms with E-state index in [1.807, 2.05) is 18.3 Å². The van der Waals surface area contributed by atoms with E-state index in [0.29, 0.717) is 10.0 Å². The van der Waals surface area contributed by atoms with Crippen LogP contribution in [-0.4, -0.2) is 11.5 Å². The molecule has 0 radical (unpaired) electrons. The zero-order valence-electron chi connectivity index (χ0n) is 11.7. The minimum atomic E-state index is 0.175.